The molecule has 0 aliphatic rings. The van der Waals surface area contributed by atoms with Crippen LogP contribution in [0.4, 0.5) is 14.5 Å². The molecule has 0 aliphatic heterocycles. The molecule has 0 saturated heterocycles. The van der Waals surface area contributed by atoms with Crippen molar-refractivity contribution in [3.63, 3.8) is 0 Å². The van der Waals surface area contributed by atoms with Crippen LogP contribution in [0.25, 0.3) is 22.2 Å². The Morgan fingerprint density at radius 3 is 2.48 bits per heavy atom. The van der Waals surface area contributed by atoms with Crippen molar-refractivity contribution in [3.8, 4) is 11.3 Å². The van der Waals surface area contributed by atoms with E-state index < -0.39 is 11.6 Å². The molecule has 1 aromatic heterocycles. The van der Waals surface area contributed by atoms with Gasteiger partial charge in [-0.2, -0.15) is 0 Å². The van der Waals surface area contributed by atoms with Crippen LogP contribution in [0, 0.1) is 11.6 Å². The molecular formula is C16H11ClF2N2. The molecule has 106 valence electrons. The SMILES string of the molecule is CNc1cc2cc(F)c(F)cc2nc1-c1ccccc1Cl. The molecule has 0 aliphatic carbocycles. The first kappa shape index (κ1) is 13.8. The topological polar surface area (TPSA) is 24.9 Å². The first-order valence-corrected chi connectivity index (χ1v) is 6.70. The lowest BCUT2D eigenvalue weighted by Crippen LogP contribution is -1.97. The van der Waals surface area contributed by atoms with Gasteiger partial charge in [-0.3, -0.25) is 0 Å². The smallest absolute Gasteiger partial charge is 0.161 e. The summed E-state index contributed by atoms with van der Waals surface area (Å²) in [6, 6.07) is 11.2. The molecule has 0 atom stereocenters. The zero-order valence-electron chi connectivity index (χ0n) is 11.1. The van der Waals surface area contributed by atoms with Gasteiger partial charge in [0.15, 0.2) is 11.6 Å². The standard InChI is InChI=1S/C16H11ClF2N2/c1-20-15-7-9-6-12(18)13(19)8-14(9)21-16(15)10-4-2-3-5-11(10)17/h2-8,20H,1H3. The molecule has 0 saturated carbocycles. The van der Waals surface area contributed by atoms with Crippen LogP contribution in [0.3, 0.4) is 0 Å². The fraction of sp³-hybridized carbons (Fsp3) is 0.0625. The van der Waals surface area contributed by atoms with E-state index in [4.69, 9.17) is 11.6 Å². The molecule has 3 rings (SSSR count). The Morgan fingerprint density at radius 1 is 1.05 bits per heavy atom. The molecule has 0 radical (unpaired) electrons. The van der Waals surface area contributed by atoms with Crippen LogP contribution >= 0.6 is 11.6 Å². The van der Waals surface area contributed by atoms with Gasteiger partial charge in [-0.05, 0) is 18.2 Å². The summed E-state index contributed by atoms with van der Waals surface area (Å²) in [6.45, 7) is 0. The zero-order valence-corrected chi connectivity index (χ0v) is 11.9. The molecule has 0 bridgehead atoms. The average molecular weight is 305 g/mol. The lowest BCUT2D eigenvalue weighted by atomic mass is 10.1. The minimum atomic E-state index is -0.919. The minimum absolute atomic E-state index is 0.378. The summed E-state index contributed by atoms with van der Waals surface area (Å²) in [4.78, 5) is 4.43. The molecule has 2 nitrogen and oxygen atoms in total. The molecule has 0 amide bonds. The first-order chi connectivity index (χ1) is 10.1. The van der Waals surface area contributed by atoms with E-state index in [9.17, 15) is 8.78 Å². The van der Waals surface area contributed by atoms with Gasteiger partial charge in [-0.15, -0.1) is 0 Å². The quantitative estimate of drug-likeness (QED) is 0.730. The maximum Gasteiger partial charge on any atom is 0.161 e. The van der Waals surface area contributed by atoms with Crippen molar-refractivity contribution in [1.82, 2.24) is 4.98 Å². The average Bonchev–Trinajstić information content (AvgIpc) is 2.48. The second-order valence-electron chi connectivity index (χ2n) is 4.57. The highest BCUT2D eigenvalue weighted by Crippen LogP contribution is 2.34. The van der Waals surface area contributed by atoms with Crippen molar-refractivity contribution in [1.29, 1.82) is 0 Å². The largest absolute Gasteiger partial charge is 0.386 e. The van der Waals surface area contributed by atoms with Gasteiger partial charge in [-0.1, -0.05) is 29.8 Å². The van der Waals surface area contributed by atoms with Crippen LogP contribution in [-0.4, -0.2) is 12.0 Å². The summed E-state index contributed by atoms with van der Waals surface area (Å²) in [5.41, 5.74) is 2.40. The Kier molecular flexibility index (Phi) is 3.47. The second-order valence-corrected chi connectivity index (χ2v) is 4.98. The van der Waals surface area contributed by atoms with E-state index in [1.807, 2.05) is 18.2 Å². The molecule has 1 N–H and O–H groups in total. The maximum atomic E-state index is 13.4. The van der Waals surface area contributed by atoms with E-state index >= 15 is 0 Å². The Morgan fingerprint density at radius 2 is 1.76 bits per heavy atom. The van der Waals surface area contributed by atoms with E-state index in [0.29, 0.717) is 27.3 Å². The molecule has 0 spiro atoms. The van der Waals surface area contributed by atoms with Crippen LogP contribution in [0.5, 0.6) is 0 Å². The highest BCUT2D eigenvalue weighted by Gasteiger charge is 2.13. The number of benzene rings is 2. The first-order valence-electron chi connectivity index (χ1n) is 6.32. The third-order valence-electron chi connectivity index (χ3n) is 3.26. The number of nitrogens with zero attached hydrogens (tertiary/aromatic N) is 1. The number of anilines is 1. The number of fused-ring (bicyclic) bond motifs is 1. The molecular weight excluding hydrogens is 294 g/mol. The number of hydrogen-bond acceptors (Lipinski definition) is 2. The molecule has 3 aromatic rings. The highest BCUT2D eigenvalue weighted by molar-refractivity contribution is 6.33. The number of pyridine rings is 1. The molecule has 0 fully saturated rings. The summed E-state index contributed by atoms with van der Waals surface area (Å²) in [5.74, 6) is -1.81. The monoisotopic (exact) mass is 304 g/mol. The van der Waals surface area contributed by atoms with Crippen LogP contribution in [0.1, 0.15) is 0 Å². The number of nitrogens with one attached hydrogen (secondary N) is 1. The molecule has 2 aromatic carbocycles. The van der Waals surface area contributed by atoms with Crippen molar-refractivity contribution in [3.05, 3.63) is 59.1 Å². The number of halogens is 3. The van der Waals surface area contributed by atoms with Crippen LogP contribution in [0.15, 0.2) is 42.5 Å². The maximum absolute atomic E-state index is 13.4. The fourth-order valence-electron chi connectivity index (χ4n) is 2.22. The third kappa shape index (κ3) is 2.43. The Balaban J connectivity index is 2.32. The second kappa shape index (κ2) is 5.30. The van der Waals surface area contributed by atoms with E-state index in [1.165, 1.54) is 0 Å². The summed E-state index contributed by atoms with van der Waals surface area (Å²) in [7, 11) is 1.74. The van der Waals surface area contributed by atoms with Gasteiger partial charge in [0.2, 0.25) is 0 Å². The molecule has 5 heteroatoms. The van der Waals surface area contributed by atoms with E-state index in [1.54, 1.807) is 19.2 Å². The summed E-state index contributed by atoms with van der Waals surface area (Å²) in [5, 5.41) is 4.08. The van der Waals surface area contributed by atoms with Gasteiger partial charge in [0.05, 0.1) is 21.9 Å². The summed E-state index contributed by atoms with van der Waals surface area (Å²) < 4.78 is 26.7. The van der Waals surface area contributed by atoms with Crippen molar-refractivity contribution in [2.24, 2.45) is 0 Å². The highest BCUT2D eigenvalue weighted by atomic mass is 35.5. The summed E-state index contributed by atoms with van der Waals surface area (Å²) >= 11 is 6.19. The van der Waals surface area contributed by atoms with Crippen molar-refractivity contribution < 1.29 is 8.78 Å². The number of rotatable bonds is 2. The lowest BCUT2D eigenvalue weighted by Gasteiger charge is -2.12. The molecule has 0 unspecified atom stereocenters. The normalized spacial score (nSPS) is 10.9. The van der Waals surface area contributed by atoms with E-state index in [-0.39, 0.29) is 0 Å². The van der Waals surface area contributed by atoms with Gasteiger partial charge in [-0.25, -0.2) is 13.8 Å². The van der Waals surface area contributed by atoms with Crippen LogP contribution in [-0.2, 0) is 0 Å². The molecule has 1 heterocycles. The van der Waals surface area contributed by atoms with Gasteiger partial charge < -0.3 is 5.32 Å². The van der Waals surface area contributed by atoms with Gasteiger partial charge >= 0.3 is 0 Å². The zero-order chi connectivity index (χ0) is 15.0. The van der Waals surface area contributed by atoms with Crippen molar-refractivity contribution >= 4 is 28.2 Å². The van der Waals surface area contributed by atoms with E-state index in [0.717, 1.165) is 17.7 Å². The minimum Gasteiger partial charge on any atom is -0.386 e. The Hall–Kier alpha value is -2.20. The van der Waals surface area contributed by atoms with Crippen molar-refractivity contribution in [2.45, 2.75) is 0 Å². The van der Waals surface area contributed by atoms with Gasteiger partial charge in [0.1, 0.15) is 0 Å². The van der Waals surface area contributed by atoms with Crippen LogP contribution < -0.4 is 5.32 Å². The van der Waals surface area contributed by atoms with E-state index in [2.05, 4.69) is 10.3 Å². The van der Waals surface area contributed by atoms with Crippen molar-refractivity contribution in [2.75, 3.05) is 12.4 Å². The number of aromatic nitrogens is 1. The predicted octanol–water partition coefficient (Wildman–Crippen LogP) is 4.88. The molecule has 21 heavy (non-hydrogen) atoms. The van der Waals surface area contributed by atoms with Crippen LogP contribution in [0.2, 0.25) is 5.02 Å². The fourth-order valence-corrected chi connectivity index (χ4v) is 2.44. The summed E-state index contributed by atoms with van der Waals surface area (Å²) in [6.07, 6.45) is 0. The predicted molar refractivity (Wildman–Crippen MR) is 81.7 cm³/mol. The van der Waals surface area contributed by atoms with Gasteiger partial charge in [0.25, 0.3) is 0 Å². The Bertz CT molecular complexity index is 834. The number of hydrogen-bond donors (Lipinski definition) is 1. The Labute approximate surface area is 125 Å². The van der Waals surface area contributed by atoms with Gasteiger partial charge in [0, 0.05) is 24.1 Å². The lowest BCUT2D eigenvalue weighted by molar-refractivity contribution is 0.510. The third-order valence-corrected chi connectivity index (χ3v) is 3.58.